The highest BCUT2D eigenvalue weighted by Crippen LogP contribution is 2.12. The van der Waals surface area contributed by atoms with Crippen molar-refractivity contribution >= 4 is 17.4 Å². The van der Waals surface area contributed by atoms with Crippen molar-refractivity contribution in [3.63, 3.8) is 0 Å². The molecule has 0 saturated carbocycles. The molecule has 3 nitrogen and oxygen atoms in total. The van der Waals surface area contributed by atoms with Crippen molar-refractivity contribution < 1.29 is 4.79 Å². The third-order valence-electron chi connectivity index (χ3n) is 3.13. The summed E-state index contributed by atoms with van der Waals surface area (Å²) in [6.45, 7) is 4.34. The topological polar surface area (TPSA) is 34.9 Å². The van der Waals surface area contributed by atoms with Crippen LogP contribution in [0.3, 0.4) is 0 Å². The third kappa shape index (κ3) is 3.44. The van der Waals surface area contributed by atoms with Crippen LogP contribution in [0.25, 0.3) is 0 Å². The van der Waals surface area contributed by atoms with Gasteiger partial charge in [0.25, 0.3) is 0 Å². The second kappa shape index (κ2) is 6.02. The molecule has 0 N–H and O–H groups in total. The van der Waals surface area contributed by atoms with Crippen LogP contribution in [0.1, 0.15) is 35.2 Å². The van der Waals surface area contributed by atoms with E-state index in [1.807, 2.05) is 35.8 Å². The van der Waals surface area contributed by atoms with Gasteiger partial charge in [-0.05, 0) is 37.5 Å². The minimum atomic E-state index is 0.0135. The fourth-order valence-electron chi connectivity index (χ4n) is 2.12. The summed E-state index contributed by atoms with van der Waals surface area (Å²) in [7, 11) is 0. The number of aromatic nitrogens is 2. The smallest absolute Gasteiger partial charge is 0.195 e. The molecule has 0 bridgehead atoms. The van der Waals surface area contributed by atoms with Gasteiger partial charge in [0.15, 0.2) is 11.6 Å². The van der Waals surface area contributed by atoms with E-state index in [0.29, 0.717) is 5.82 Å². The summed E-state index contributed by atoms with van der Waals surface area (Å²) in [5.74, 6) is 0.563. The number of Topliss-reactive ketones (excluding diaryl/α,β-unsaturated/α-hetero) is 1. The average molecular weight is 277 g/mol. The highest BCUT2D eigenvalue weighted by atomic mass is 35.5. The Morgan fingerprint density at radius 2 is 2.00 bits per heavy atom. The monoisotopic (exact) mass is 276 g/mol. The quantitative estimate of drug-likeness (QED) is 0.781. The number of aryl methyl sites for hydroxylation is 2. The van der Waals surface area contributed by atoms with Gasteiger partial charge in [0.1, 0.15) is 0 Å². The Bertz CT molecular complexity index is 572. The Morgan fingerprint density at radius 1 is 1.32 bits per heavy atom. The van der Waals surface area contributed by atoms with E-state index in [9.17, 15) is 4.79 Å². The molecule has 1 aromatic heterocycles. The van der Waals surface area contributed by atoms with Crippen molar-refractivity contribution in [3.8, 4) is 0 Å². The minimum absolute atomic E-state index is 0.0135. The summed E-state index contributed by atoms with van der Waals surface area (Å²) in [6.07, 6.45) is 3.68. The molecule has 0 amide bonds. The lowest BCUT2D eigenvalue weighted by Crippen LogP contribution is -2.10. The van der Waals surface area contributed by atoms with Crippen molar-refractivity contribution in [3.05, 3.63) is 52.6 Å². The van der Waals surface area contributed by atoms with Crippen LogP contribution in [0.5, 0.6) is 0 Å². The Hall–Kier alpha value is -1.61. The normalized spacial score (nSPS) is 10.7. The Morgan fingerprint density at radius 3 is 2.63 bits per heavy atom. The number of imidazole rings is 1. The number of nitrogens with zero attached hydrogens (tertiary/aromatic N) is 2. The van der Waals surface area contributed by atoms with Crippen LogP contribution in [-0.2, 0) is 13.0 Å². The van der Waals surface area contributed by atoms with Gasteiger partial charge in [-0.2, -0.15) is 0 Å². The summed E-state index contributed by atoms with van der Waals surface area (Å²) in [5.41, 5.74) is 2.29. The molecule has 0 fully saturated rings. The van der Waals surface area contributed by atoms with Crippen LogP contribution in [0.2, 0.25) is 5.02 Å². The van der Waals surface area contributed by atoms with Gasteiger partial charge in [0.05, 0.1) is 0 Å². The molecule has 0 aliphatic carbocycles. The molecule has 1 heterocycles. The lowest BCUT2D eigenvalue weighted by Gasteiger charge is -2.08. The van der Waals surface area contributed by atoms with E-state index in [-0.39, 0.29) is 5.78 Å². The molecular formula is C15H17ClN2O. The van der Waals surface area contributed by atoms with Crippen molar-refractivity contribution in [2.45, 2.75) is 33.2 Å². The maximum absolute atomic E-state index is 11.5. The first-order chi connectivity index (χ1) is 9.08. The summed E-state index contributed by atoms with van der Waals surface area (Å²) in [6, 6.07) is 7.88. The number of carbonyl (C=O) groups is 1. The van der Waals surface area contributed by atoms with E-state index in [1.165, 1.54) is 5.56 Å². The molecule has 100 valence electrons. The van der Waals surface area contributed by atoms with Gasteiger partial charge in [0.2, 0.25) is 0 Å². The number of hydrogen-bond acceptors (Lipinski definition) is 2. The molecule has 2 rings (SSSR count). The lowest BCUT2D eigenvalue weighted by molar-refractivity contribution is 0.0999. The Labute approximate surface area is 118 Å². The van der Waals surface area contributed by atoms with Gasteiger partial charge in [-0.15, -0.1) is 0 Å². The van der Waals surface area contributed by atoms with Gasteiger partial charge in [0, 0.05) is 30.4 Å². The number of ketones is 1. The Kier molecular flexibility index (Phi) is 4.38. The van der Waals surface area contributed by atoms with Gasteiger partial charge in [-0.25, -0.2) is 4.98 Å². The fraction of sp³-hybridized carbons (Fsp3) is 0.333. The van der Waals surface area contributed by atoms with Crippen LogP contribution in [-0.4, -0.2) is 15.3 Å². The van der Waals surface area contributed by atoms with E-state index >= 15 is 0 Å². The molecule has 0 unspecified atom stereocenters. The fourth-order valence-corrected chi connectivity index (χ4v) is 2.24. The summed E-state index contributed by atoms with van der Waals surface area (Å²) in [5, 5.41) is 0.757. The molecule has 0 radical (unpaired) electrons. The highest BCUT2D eigenvalue weighted by molar-refractivity contribution is 6.30. The average Bonchev–Trinajstić information content (AvgIpc) is 2.74. The van der Waals surface area contributed by atoms with Gasteiger partial charge in [-0.1, -0.05) is 23.7 Å². The summed E-state index contributed by atoms with van der Waals surface area (Å²) in [4.78, 5) is 15.6. The first-order valence-corrected chi connectivity index (χ1v) is 6.73. The maximum atomic E-state index is 11.5. The first-order valence-electron chi connectivity index (χ1n) is 6.35. The van der Waals surface area contributed by atoms with Crippen LogP contribution in [0, 0.1) is 6.92 Å². The van der Waals surface area contributed by atoms with Gasteiger partial charge < -0.3 is 4.57 Å². The minimum Gasteiger partial charge on any atom is -0.326 e. The number of hydrogen-bond donors (Lipinski definition) is 0. The van der Waals surface area contributed by atoms with Crippen molar-refractivity contribution in [2.75, 3.05) is 0 Å². The molecule has 0 atom stereocenters. The van der Waals surface area contributed by atoms with Crippen molar-refractivity contribution in [1.29, 1.82) is 0 Å². The van der Waals surface area contributed by atoms with E-state index in [4.69, 9.17) is 11.6 Å². The number of halogens is 1. The summed E-state index contributed by atoms with van der Waals surface area (Å²) < 4.78 is 1.98. The van der Waals surface area contributed by atoms with E-state index in [1.54, 1.807) is 13.1 Å². The van der Waals surface area contributed by atoms with Crippen molar-refractivity contribution in [2.24, 2.45) is 0 Å². The SMILES string of the molecule is CC(=O)c1ncc(C)n1CCCc1ccc(Cl)cc1. The second-order valence-electron chi connectivity index (χ2n) is 4.66. The van der Waals surface area contributed by atoms with Gasteiger partial charge in [-0.3, -0.25) is 4.79 Å². The molecule has 0 spiro atoms. The Balaban J connectivity index is 1.97. The number of benzene rings is 1. The van der Waals surface area contributed by atoms with Crippen molar-refractivity contribution in [1.82, 2.24) is 9.55 Å². The second-order valence-corrected chi connectivity index (χ2v) is 5.10. The van der Waals surface area contributed by atoms with Crippen LogP contribution >= 0.6 is 11.6 Å². The number of carbonyl (C=O) groups excluding carboxylic acids is 1. The molecule has 19 heavy (non-hydrogen) atoms. The molecule has 0 saturated heterocycles. The standard InChI is InChI=1S/C15H17ClN2O/c1-11-10-17-15(12(2)19)18(11)9-3-4-13-5-7-14(16)8-6-13/h5-8,10H,3-4,9H2,1-2H3. The molecule has 0 aliphatic heterocycles. The number of rotatable bonds is 5. The zero-order chi connectivity index (χ0) is 13.8. The molecule has 2 aromatic rings. The molecule has 4 heteroatoms. The lowest BCUT2D eigenvalue weighted by atomic mass is 10.1. The van der Waals surface area contributed by atoms with Crippen LogP contribution < -0.4 is 0 Å². The zero-order valence-corrected chi connectivity index (χ0v) is 11.9. The predicted octanol–water partition coefficient (Wildman–Crippen LogP) is 3.68. The predicted molar refractivity (Wildman–Crippen MR) is 76.7 cm³/mol. The highest BCUT2D eigenvalue weighted by Gasteiger charge is 2.10. The van der Waals surface area contributed by atoms with E-state index in [2.05, 4.69) is 4.98 Å². The first kappa shape index (κ1) is 13.8. The van der Waals surface area contributed by atoms with Crippen LogP contribution in [0.4, 0.5) is 0 Å². The zero-order valence-electron chi connectivity index (χ0n) is 11.2. The van der Waals surface area contributed by atoms with Crippen LogP contribution in [0.15, 0.2) is 30.5 Å². The van der Waals surface area contributed by atoms with E-state index in [0.717, 1.165) is 30.1 Å². The molecule has 0 aliphatic rings. The van der Waals surface area contributed by atoms with Gasteiger partial charge >= 0.3 is 0 Å². The van der Waals surface area contributed by atoms with E-state index < -0.39 is 0 Å². The maximum Gasteiger partial charge on any atom is 0.195 e. The molecular weight excluding hydrogens is 260 g/mol. The largest absolute Gasteiger partial charge is 0.326 e. The summed E-state index contributed by atoms with van der Waals surface area (Å²) >= 11 is 5.85. The third-order valence-corrected chi connectivity index (χ3v) is 3.38. The molecule has 1 aromatic carbocycles.